The van der Waals surface area contributed by atoms with Crippen LogP contribution in [0.3, 0.4) is 0 Å². The normalized spacial score (nSPS) is 13.5. The van der Waals surface area contributed by atoms with E-state index in [4.69, 9.17) is 18.5 Å². The Morgan fingerprint density at radius 2 is 0.868 bits per heavy atom. The standard InChI is InChI=1S/C43H86NO8P/c1-6-11-13-15-17-19-21-23-25-27-29-31-33-35-42(45)49-39-41(40-51-53(47,48)50-38-37-44(8-3,9-4)10-5)52-43(46)36-34-32-30-28-26-24-22-20-18-16-14-12-7-2/h41H,6-40H2,1-5H3/p+1/t41-/m1/s1. The fourth-order valence-corrected chi connectivity index (χ4v) is 7.64. The van der Waals surface area contributed by atoms with Gasteiger partial charge in [-0.3, -0.25) is 18.6 Å². The van der Waals surface area contributed by atoms with Gasteiger partial charge in [-0.1, -0.05) is 168 Å². The smallest absolute Gasteiger partial charge is 0.462 e. The summed E-state index contributed by atoms with van der Waals surface area (Å²) in [7, 11) is -4.39. The van der Waals surface area contributed by atoms with Crippen molar-refractivity contribution in [1.82, 2.24) is 0 Å². The van der Waals surface area contributed by atoms with Crippen LogP contribution in [0.15, 0.2) is 0 Å². The van der Waals surface area contributed by atoms with Gasteiger partial charge in [0.15, 0.2) is 6.10 Å². The third-order valence-corrected chi connectivity index (χ3v) is 11.9. The highest BCUT2D eigenvalue weighted by Gasteiger charge is 2.28. The minimum absolute atomic E-state index is 0.0703. The zero-order chi connectivity index (χ0) is 39.3. The number of carbonyl (C=O) groups excluding carboxylic acids is 2. The third kappa shape index (κ3) is 32.9. The van der Waals surface area contributed by atoms with Gasteiger partial charge in [0.1, 0.15) is 19.8 Å². The van der Waals surface area contributed by atoms with E-state index in [0.29, 0.717) is 13.0 Å². The fraction of sp³-hybridized carbons (Fsp3) is 0.953. The van der Waals surface area contributed by atoms with Gasteiger partial charge in [-0.05, 0) is 33.6 Å². The summed E-state index contributed by atoms with van der Waals surface area (Å²) in [6.07, 6.45) is 31.4. The molecule has 0 aliphatic rings. The molecule has 0 saturated carbocycles. The molecule has 10 heteroatoms. The van der Waals surface area contributed by atoms with Gasteiger partial charge in [0.25, 0.3) is 0 Å². The Kier molecular flexibility index (Phi) is 36.0. The minimum Gasteiger partial charge on any atom is -0.462 e. The lowest BCUT2D eigenvalue weighted by Crippen LogP contribution is -2.49. The summed E-state index contributed by atoms with van der Waals surface area (Å²) in [5.74, 6) is -0.777. The highest BCUT2D eigenvalue weighted by Crippen LogP contribution is 2.43. The molecule has 2 atom stereocenters. The van der Waals surface area contributed by atoms with E-state index in [9.17, 15) is 19.0 Å². The molecule has 1 unspecified atom stereocenters. The Labute approximate surface area is 327 Å². The van der Waals surface area contributed by atoms with Crippen LogP contribution in [0.25, 0.3) is 0 Å². The molecule has 0 fully saturated rings. The van der Waals surface area contributed by atoms with Crippen molar-refractivity contribution < 1.29 is 42.1 Å². The summed E-state index contributed by atoms with van der Waals surface area (Å²) < 4.78 is 35.1. The number of unbranched alkanes of at least 4 members (excludes halogenated alkanes) is 24. The minimum atomic E-state index is -4.39. The molecule has 0 aromatic rings. The molecule has 0 spiro atoms. The molecule has 0 saturated heterocycles. The van der Waals surface area contributed by atoms with Crippen LogP contribution in [0.5, 0.6) is 0 Å². The number of hydrogen-bond acceptors (Lipinski definition) is 7. The number of likely N-dealkylation sites (N-methyl/N-ethyl adjacent to an activating group) is 1. The number of esters is 2. The first-order valence-corrected chi connectivity index (χ1v) is 24.0. The Hall–Kier alpha value is -0.990. The molecule has 0 amide bonds. The highest BCUT2D eigenvalue weighted by atomic mass is 31.2. The maximum absolute atomic E-state index is 12.7. The quantitative estimate of drug-likeness (QED) is 0.0283. The van der Waals surface area contributed by atoms with Crippen LogP contribution in [-0.4, -0.2) is 73.4 Å². The number of ether oxygens (including phenoxy) is 2. The Bertz CT molecular complexity index is 876. The maximum atomic E-state index is 12.7. The molecule has 0 radical (unpaired) electrons. The maximum Gasteiger partial charge on any atom is 0.472 e. The molecule has 53 heavy (non-hydrogen) atoms. The van der Waals surface area contributed by atoms with Crippen LogP contribution in [0.1, 0.15) is 214 Å². The molecule has 0 aliphatic heterocycles. The summed E-state index contributed by atoms with van der Waals surface area (Å²) >= 11 is 0. The van der Waals surface area contributed by atoms with Crippen molar-refractivity contribution in [2.45, 2.75) is 221 Å². The second-order valence-corrected chi connectivity index (χ2v) is 16.8. The Balaban J connectivity index is 4.54. The van der Waals surface area contributed by atoms with Crippen molar-refractivity contribution in [3.05, 3.63) is 0 Å². The average Bonchev–Trinajstić information content (AvgIpc) is 3.15. The topological polar surface area (TPSA) is 108 Å². The van der Waals surface area contributed by atoms with Crippen molar-refractivity contribution in [2.24, 2.45) is 0 Å². The summed E-state index contributed by atoms with van der Waals surface area (Å²) in [5, 5.41) is 0. The molecule has 0 aromatic heterocycles. The van der Waals surface area contributed by atoms with Crippen LogP contribution in [0.2, 0.25) is 0 Å². The van der Waals surface area contributed by atoms with Gasteiger partial charge >= 0.3 is 19.8 Å². The third-order valence-electron chi connectivity index (χ3n) is 11.0. The molecule has 1 N–H and O–H groups in total. The number of rotatable bonds is 41. The van der Waals surface area contributed by atoms with Gasteiger partial charge in [-0.2, -0.15) is 0 Å². The van der Waals surface area contributed by atoms with Crippen LogP contribution in [0, 0.1) is 0 Å². The number of hydrogen-bond donors (Lipinski definition) is 1. The summed E-state index contributed by atoms with van der Waals surface area (Å²) in [6.45, 7) is 13.5. The molecule has 316 valence electrons. The van der Waals surface area contributed by atoms with E-state index in [2.05, 4.69) is 34.6 Å². The van der Waals surface area contributed by atoms with E-state index in [1.807, 2.05) is 0 Å². The predicted octanol–water partition coefficient (Wildman–Crippen LogP) is 12.4. The molecule has 9 nitrogen and oxygen atoms in total. The number of phosphoric ester groups is 1. The average molecular weight is 777 g/mol. The lowest BCUT2D eigenvalue weighted by Gasteiger charge is -2.35. The van der Waals surface area contributed by atoms with Crippen molar-refractivity contribution in [3.63, 3.8) is 0 Å². The van der Waals surface area contributed by atoms with Crippen LogP contribution < -0.4 is 0 Å². The molecular formula is C43H87NO8P+. The monoisotopic (exact) mass is 777 g/mol. The first-order valence-electron chi connectivity index (χ1n) is 22.5. The number of quaternary nitrogens is 1. The van der Waals surface area contributed by atoms with Crippen molar-refractivity contribution in [1.29, 1.82) is 0 Å². The molecule has 0 aromatic carbocycles. The van der Waals surface area contributed by atoms with E-state index in [1.54, 1.807) is 0 Å². The largest absolute Gasteiger partial charge is 0.472 e. The summed E-state index contributed by atoms with van der Waals surface area (Å²) in [4.78, 5) is 35.6. The lowest BCUT2D eigenvalue weighted by atomic mass is 10.0. The van der Waals surface area contributed by atoms with Crippen molar-refractivity contribution >= 4 is 19.8 Å². The van der Waals surface area contributed by atoms with Gasteiger partial charge in [-0.15, -0.1) is 0 Å². The van der Waals surface area contributed by atoms with Crippen molar-refractivity contribution in [2.75, 3.05) is 46.0 Å². The molecule has 0 bridgehead atoms. The Morgan fingerprint density at radius 1 is 0.509 bits per heavy atom. The SMILES string of the molecule is CCCCCCCCCCCCCCCC(=O)OC[C@H](COP(=O)(O)OCC[N+](CC)(CC)CC)OC(=O)CCCCCCCCCCCCCCC. The first kappa shape index (κ1) is 52.0. The zero-order valence-electron chi connectivity index (χ0n) is 35.5. The predicted molar refractivity (Wildman–Crippen MR) is 220 cm³/mol. The Morgan fingerprint density at radius 3 is 1.25 bits per heavy atom. The molecule has 0 rings (SSSR count). The van der Waals surface area contributed by atoms with Gasteiger partial charge in [-0.25, -0.2) is 4.57 Å². The second kappa shape index (κ2) is 36.6. The van der Waals surface area contributed by atoms with Gasteiger partial charge in [0, 0.05) is 12.8 Å². The van der Waals surface area contributed by atoms with Crippen LogP contribution >= 0.6 is 7.82 Å². The first-order chi connectivity index (χ1) is 25.7. The second-order valence-electron chi connectivity index (χ2n) is 15.4. The van der Waals surface area contributed by atoms with E-state index < -0.39 is 19.9 Å². The van der Waals surface area contributed by atoms with Gasteiger partial charge in [0.2, 0.25) is 0 Å². The van der Waals surface area contributed by atoms with Gasteiger partial charge in [0.05, 0.1) is 26.2 Å². The van der Waals surface area contributed by atoms with Crippen molar-refractivity contribution in [3.8, 4) is 0 Å². The fourth-order valence-electron chi connectivity index (χ4n) is 6.90. The lowest BCUT2D eigenvalue weighted by molar-refractivity contribution is -0.923. The molecule has 0 heterocycles. The molecular weight excluding hydrogens is 689 g/mol. The number of nitrogens with zero attached hydrogens (tertiary/aromatic N) is 1. The van der Waals surface area contributed by atoms with Crippen LogP contribution in [-0.2, 0) is 32.7 Å². The van der Waals surface area contributed by atoms with Crippen LogP contribution in [0.4, 0.5) is 0 Å². The van der Waals surface area contributed by atoms with E-state index >= 15 is 0 Å². The van der Waals surface area contributed by atoms with Gasteiger partial charge < -0.3 is 18.9 Å². The number of phosphoric acid groups is 1. The highest BCUT2D eigenvalue weighted by molar-refractivity contribution is 7.47. The molecule has 0 aliphatic carbocycles. The van der Waals surface area contributed by atoms with E-state index in [0.717, 1.165) is 62.6 Å². The summed E-state index contributed by atoms with van der Waals surface area (Å²) in [5.41, 5.74) is 0. The summed E-state index contributed by atoms with van der Waals surface area (Å²) in [6, 6.07) is 0. The zero-order valence-corrected chi connectivity index (χ0v) is 36.4. The van der Waals surface area contributed by atoms with E-state index in [-0.39, 0.29) is 32.2 Å². The number of carbonyl (C=O) groups is 2. The van der Waals surface area contributed by atoms with E-state index in [1.165, 1.54) is 128 Å².